The molecule has 0 radical (unpaired) electrons. The second-order valence-corrected chi connectivity index (χ2v) is 5.64. The Kier molecular flexibility index (Phi) is 4.70. The highest BCUT2D eigenvalue weighted by Crippen LogP contribution is 2.23. The third-order valence-electron chi connectivity index (χ3n) is 2.82. The average molecular weight is 258 g/mol. The number of nitrogens with one attached hydrogen (secondary N) is 1. The van der Waals surface area contributed by atoms with E-state index in [1.165, 1.54) is 0 Å². The Balaban J connectivity index is 2.65. The number of carbonyl (C=O) groups is 2. The van der Waals surface area contributed by atoms with Crippen molar-refractivity contribution in [3.8, 4) is 0 Å². The van der Waals surface area contributed by atoms with Gasteiger partial charge in [0.05, 0.1) is 5.92 Å². The third kappa shape index (κ3) is 4.27. The average Bonchev–Trinajstić information content (AvgIpc) is 2.57. The van der Waals surface area contributed by atoms with Gasteiger partial charge in [-0.05, 0) is 33.6 Å². The molecule has 0 saturated carbocycles. The Morgan fingerprint density at radius 2 is 2.22 bits per heavy atom. The molecule has 104 valence electrons. The maximum atomic E-state index is 11.9. The summed E-state index contributed by atoms with van der Waals surface area (Å²) in [5.74, 6) is -1.79. The molecule has 1 saturated heterocycles. The molecule has 0 bridgehead atoms. The Morgan fingerprint density at radius 3 is 2.61 bits per heavy atom. The van der Waals surface area contributed by atoms with Crippen LogP contribution in [0.3, 0.4) is 0 Å². The molecule has 1 aliphatic rings. The smallest absolute Gasteiger partial charge is 0.313 e. The largest absolute Gasteiger partial charge is 0.460 e. The van der Waals surface area contributed by atoms with Gasteiger partial charge < -0.3 is 20.9 Å². The number of nitrogens with two attached hydrogens (primary N) is 1. The fraction of sp³-hybridized carbons (Fsp3) is 0.833. The molecule has 1 amide bonds. The molecule has 0 aliphatic carbocycles. The van der Waals surface area contributed by atoms with Crippen molar-refractivity contribution in [3.05, 3.63) is 0 Å². The summed E-state index contributed by atoms with van der Waals surface area (Å²) in [7, 11) is 0. The maximum absolute atomic E-state index is 11.9. The van der Waals surface area contributed by atoms with Crippen LogP contribution in [0, 0.1) is 11.8 Å². The van der Waals surface area contributed by atoms with Crippen LogP contribution in [0.4, 0.5) is 0 Å². The van der Waals surface area contributed by atoms with Gasteiger partial charge in [0.1, 0.15) is 11.8 Å². The molecule has 1 fully saturated rings. The summed E-state index contributed by atoms with van der Waals surface area (Å²) in [5, 5.41) is 12.2. The summed E-state index contributed by atoms with van der Waals surface area (Å²) in [6.45, 7) is 5.83. The lowest BCUT2D eigenvalue weighted by molar-refractivity contribution is -0.164. The molecule has 1 heterocycles. The zero-order valence-corrected chi connectivity index (χ0v) is 11.1. The summed E-state index contributed by atoms with van der Waals surface area (Å²) in [5.41, 5.74) is 4.77. The van der Waals surface area contributed by atoms with Gasteiger partial charge in [0, 0.05) is 12.5 Å². The topological polar surface area (TPSA) is 102 Å². The summed E-state index contributed by atoms with van der Waals surface area (Å²) in [4.78, 5) is 23.4. The number of rotatable bonds is 4. The first-order chi connectivity index (χ1) is 8.20. The first-order valence-corrected chi connectivity index (χ1v) is 6.15. The lowest BCUT2D eigenvalue weighted by Gasteiger charge is -2.26. The number of carbonyl (C=O) groups excluding carboxylic acids is 2. The molecular formula is C12H22N2O4. The first kappa shape index (κ1) is 14.9. The van der Waals surface area contributed by atoms with Crippen molar-refractivity contribution in [2.45, 2.75) is 45.4 Å². The van der Waals surface area contributed by atoms with E-state index in [4.69, 9.17) is 10.5 Å². The molecule has 0 aromatic rings. The number of amides is 1. The molecule has 18 heavy (non-hydrogen) atoms. The summed E-state index contributed by atoms with van der Waals surface area (Å²) in [6, 6.07) is 0. The number of hydrogen-bond donors (Lipinski definition) is 3. The molecule has 0 aromatic heterocycles. The van der Waals surface area contributed by atoms with Crippen LogP contribution in [0.25, 0.3) is 0 Å². The minimum Gasteiger partial charge on any atom is -0.460 e. The van der Waals surface area contributed by atoms with Crippen molar-refractivity contribution in [1.82, 2.24) is 5.32 Å². The molecule has 6 heteroatoms. The Bertz CT molecular complexity index is 323. The van der Waals surface area contributed by atoms with Crippen molar-refractivity contribution >= 4 is 11.9 Å². The van der Waals surface area contributed by atoms with Crippen molar-refractivity contribution in [2.75, 3.05) is 6.54 Å². The van der Waals surface area contributed by atoms with E-state index in [0.29, 0.717) is 13.0 Å². The van der Waals surface area contributed by atoms with Gasteiger partial charge in [-0.1, -0.05) is 0 Å². The Labute approximate surface area is 107 Å². The van der Waals surface area contributed by atoms with Crippen LogP contribution in [0.5, 0.6) is 0 Å². The predicted molar refractivity (Wildman–Crippen MR) is 65.3 cm³/mol. The Hall–Kier alpha value is -1.14. The number of aliphatic hydroxyl groups excluding tert-OH is 1. The molecule has 6 nitrogen and oxygen atoms in total. The van der Waals surface area contributed by atoms with Crippen LogP contribution in [0.2, 0.25) is 0 Å². The monoisotopic (exact) mass is 258 g/mol. The Morgan fingerprint density at radius 1 is 1.61 bits per heavy atom. The molecule has 0 aromatic carbocycles. The molecule has 1 rings (SSSR count). The zero-order chi connectivity index (χ0) is 13.9. The van der Waals surface area contributed by atoms with Gasteiger partial charge in [-0.15, -0.1) is 0 Å². The molecular weight excluding hydrogens is 236 g/mol. The highest BCUT2D eigenvalue weighted by molar-refractivity contribution is 5.82. The quantitative estimate of drug-likeness (QED) is 0.476. The maximum Gasteiger partial charge on any atom is 0.313 e. The normalized spacial score (nSPS) is 23.4. The van der Waals surface area contributed by atoms with E-state index in [2.05, 4.69) is 5.32 Å². The summed E-state index contributed by atoms with van der Waals surface area (Å²) >= 11 is 0. The summed E-state index contributed by atoms with van der Waals surface area (Å²) in [6.07, 6.45) is -0.434. The van der Waals surface area contributed by atoms with Crippen LogP contribution in [-0.2, 0) is 14.3 Å². The van der Waals surface area contributed by atoms with Gasteiger partial charge >= 0.3 is 5.97 Å². The third-order valence-corrected chi connectivity index (χ3v) is 2.82. The minimum atomic E-state index is -1.31. The van der Waals surface area contributed by atoms with E-state index in [1.807, 2.05) is 0 Å². The second kappa shape index (κ2) is 5.67. The van der Waals surface area contributed by atoms with Crippen LogP contribution in [-0.4, -0.2) is 35.4 Å². The standard InChI is InChI=1S/C12H22N2O4/c1-12(2,3)18-11(17)8(9(13)15)6-7-4-5-14-10(7)16/h7-9,15H,4-6,13H2,1-3H3,(H,14,16)/t7-,8?,9?/m1/s1. The molecule has 0 spiro atoms. The lowest BCUT2D eigenvalue weighted by atomic mass is 9.92. The fourth-order valence-corrected chi connectivity index (χ4v) is 1.93. The van der Waals surface area contributed by atoms with Crippen molar-refractivity contribution in [2.24, 2.45) is 17.6 Å². The van der Waals surface area contributed by atoms with Gasteiger partial charge in [-0.3, -0.25) is 9.59 Å². The number of ether oxygens (including phenoxy) is 1. The zero-order valence-electron chi connectivity index (χ0n) is 11.1. The number of aliphatic hydroxyl groups is 1. The van der Waals surface area contributed by atoms with Crippen LogP contribution in [0.15, 0.2) is 0 Å². The van der Waals surface area contributed by atoms with Gasteiger partial charge in [0.25, 0.3) is 0 Å². The summed E-state index contributed by atoms with van der Waals surface area (Å²) < 4.78 is 5.20. The van der Waals surface area contributed by atoms with Gasteiger partial charge in [-0.25, -0.2) is 0 Å². The van der Waals surface area contributed by atoms with E-state index in [9.17, 15) is 14.7 Å². The van der Waals surface area contributed by atoms with E-state index < -0.39 is 23.7 Å². The van der Waals surface area contributed by atoms with Crippen LogP contribution >= 0.6 is 0 Å². The van der Waals surface area contributed by atoms with Crippen LogP contribution < -0.4 is 11.1 Å². The van der Waals surface area contributed by atoms with Gasteiger partial charge in [0.15, 0.2) is 0 Å². The highest BCUT2D eigenvalue weighted by atomic mass is 16.6. The molecule has 2 unspecified atom stereocenters. The fourth-order valence-electron chi connectivity index (χ4n) is 1.93. The SMILES string of the molecule is CC(C)(C)OC(=O)C(C[C@H]1CCNC1=O)C(N)O. The van der Waals surface area contributed by atoms with E-state index >= 15 is 0 Å². The van der Waals surface area contributed by atoms with Gasteiger partial charge in [-0.2, -0.15) is 0 Å². The van der Waals surface area contributed by atoms with Crippen molar-refractivity contribution in [3.63, 3.8) is 0 Å². The number of hydrogen-bond acceptors (Lipinski definition) is 5. The highest BCUT2D eigenvalue weighted by Gasteiger charge is 2.35. The van der Waals surface area contributed by atoms with E-state index in [1.54, 1.807) is 20.8 Å². The van der Waals surface area contributed by atoms with E-state index in [-0.39, 0.29) is 18.2 Å². The molecule has 4 N–H and O–H groups in total. The van der Waals surface area contributed by atoms with Gasteiger partial charge in [0.2, 0.25) is 5.91 Å². The lowest BCUT2D eigenvalue weighted by Crippen LogP contribution is -2.41. The molecule has 3 atom stereocenters. The van der Waals surface area contributed by atoms with Crippen molar-refractivity contribution < 1.29 is 19.4 Å². The van der Waals surface area contributed by atoms with Crippen LogP contribution in [0.1, 0.15) is 33.6 Å². The second-order valence-electron chi connectivity index (χ2n) is 5.64. The minimum absolute atomic E-state index is 0.0933. The predicted octanol–water partition coefficient (Wildman–Crippen LogP) is -0.252. The first-order valence-electron chi connectivity index (χ1n) is 6.15. The van der Waals surface area contributed by atoms with E-state index in [0.717, 1.165) is 0 Å². The molecule has 1 aliphatic heterocycles. The van der Waals surface area contributed by atoms with Crippen molar-refractivity contribution in [1.29, 1.82) is 0 Å². The number of esters is 1.